The number of likely N-dealkylation sites (N-methyl/N-ethyl adjacent to an activating group) is 1. The van der Waals surface area contributed by atoms with E-state index in [4.69, 9.17) is 0 Å². The number of ether oxygens (including phenoxy) is 1. The lowest BCUT2D eigenvalue weighted by Gasteiger charge is -2.22. The van der Waals surface area contributed by atoms with Crippen molar-refractivity contribution < 1.29 is 22.7 Å². The molecule has 1 aliphatic rings. The van der Waals surface area contributed by atoms with Crippen molar-refractivity contribution in [1.82, 2.24) is 4.90 Å². The zero-order chi connectivity index (χ0) is 16.2. The molecule has 0 atom stereocenters. The molecule has 122 valence electrons. The molecule has 0 N–H and O–H groups in total. The highest BCUT2D eigenvalue weighted by molar-refractivity contribution is 5.94. The van der Waals surface area contributed by atoms with Gasteiger partial charge < -0.3 is 14.5 Å². The Morgan fingerprint density at radius 2 is 2.00 bits per heavy atom. The van der Waals surface area contributed by atoms with Gasteiger partial charge in [0, 0.05) is 25.3 Å². The monoisotopic (exact) mass is 316 g/mol. The van der Waals surface area contributed by atoms with Crippen molar-refractivity contribution in [3.8, 4) is 0 Å². The molecule has 0 radical (unpaired) electrons. The van der Waals surface area contributed by atoms with Crippen LogP contribution in [0.5, 0.6) is 0 Å². The summed E-state index contributed by atoms with van der Waals surface area (Å²) >= 11 is 0. The van der Waals surface area contributed by atoms with Gasteiger partial charge in [-0.3, -0.25) is 4.79 Å². The highest BCUT2D eigenvalue weighted by Gasteiger charge is 2.28. The number of amides is 1. The number of rotatable bonds is 4. The number of hydrogen-bond donors (Lipinski definition) is 0. The summed E-state index contributed by atoms with van der Waals surface area (Å²) in [5.74, 6) is -0.218. The number of benzene rings is 1. The molecule has 0 unspecified atom stereocenters. The number of carbonyl (C=O) groups excluding carboxylic acids is 1. The number of fused-ring (bicyclic) bond motifs is 1. The number of carbonyl (C=O) groups is 1. The van der Waals surface area contributed by atoms with Crippen LogP contribution in [-0.4, -0.2) is 50.3 Å². The molecule has 0 bridgehead atoms. The van der Waals surface area contributed by atoms with E-state index in [1.807, 2.05) is 31.3 Å². The van der Waals surface area contributed by atoms with Gasteiger partial charge in [0.15, 0.2) is 0 Å². The molecule has 0 fully saturated rings. The number of alkyl halides is 3. The second-order valence-electron chi connectivity index (χ2n) is 5.33. The summed E-state index contributed by atoms with van der Waals surface area (Å²) in [4.78, 5) is 16.0. The Kier molecular flexibility index (Phi) is 5.42. The Morgan fingerprint density at radius 3 is 2.73 bits per heavy atom. The van der Waals surface area contributed by atoms with E-state index < -0.39 is 12.8 Å². The van der Waals surface area contributed by atoms with Crippen LogP contribution in [0.1, 0.15) is 12.0 Å². The van der Waals surface area contributed by atoms with Crippen LogP contribution in [0.25, 0.3) is 0 Å². The largest absolute Gasteiger partial charge is 0.411 e. The molecule has 1 aromatic rings. The third-order valence-electron chi connectivity index (χ3n) is 3.46. The summed E-state index contributed by atoms with van der Waals surface area (Å²) in [6, 6.07) is 7.58. The van der Waals surface area contributed by atoms with E-state index >= 15 is 0 Å². The van der Waals surface area contributed by atoms with Gasteiger partial charge in [-0.25, -0.2) is 0 Å². The average Bonchev–Trinajstić information content (AvgIpc) is 2.60. The van der Waals surface area contributed by atoms with Gasteiger partial charge in [0.1, 0.15) is 6.61 Å². The molecular weight excluding hydrogens is 297 g/mol. The van der Waals surface area contributed by atoms with Crippen molar-refractivity contribution in [3.63, 3.8) is 0 Å². The minimum absolute atomic E-state index is 0.0614. The topological polar surface area (TPSA) is 32.8 Å². The van der Waals surface area contributed by atoms with E-state index in [2.05, 4.69) is 9.64 Å². The Morgan fingerprint density at radius 1 is 1.27 bits per heavy atom. The van der Waals surface area contributed by atoms with Gasteiger partial charge in [0.2, 0.25) is 5.91 Å². The van der Waals surface area contributed by atoms with Crippen molar-refractivity contribution in [2.24, 2.45) is 0 Å². The van der Waals surface area contributed by atoms with Crippen LogP contribution in [0.4, 0.5) is 18.9 Å². The third-order valence-corrected chi connectivity index (χ3v) is 3.46. The van der Waals surface area contributed by atoms with E-state index in [1.54, 1.807) is 4.90 Å². The first-order valence-electron chi connectivity index (χ1n) is 7.08. The lowest BCUT2D eigenvalue weighted by Crippen LogP contribution is -2.35. The Bertz CT molecular complexity index is 520. The predicted octanol–water partition coefficient (Wildman–Crippen LogP) is 2.43. The molecule has 1 aromatic carbocycles. The number of para-hydroxylation sites is 1. The summed E-state index contributed by atoms with van der Waals surface area (Å²) in [5.41, 5.74) is 1.86. The maximum absolute atomic E-state index is 12.3. The summed E-state index contributed by atoms with van der Waals surface area (Å²) in [6.07, 6.45) is -4.42. The summed E-state index contributed by atoms with van der Waals surface area (Å²) in [7, 11) is 1.97. The van der Waals surface area contributed by atoms with Gasteiger partial charge in [-0.2, -0.15) is 13.2 Å². The normalized spacial score (nSPS) is 16.3. The molecule has 0 aromatic heterocycles. The number of anilines is 1. The molecule has 2 rings (SSSR count). The number of nitrogens with zero attached hydrogens (tertiary/aromatic N) is 2. The van der Waals surface area contributed by atoms with E-state index in [-0.39, 0.29) is 18.9 Å². The summed E-state index contributed by atoms with van der Waals surface area (Å²) in [6.45, 7) is 0.423. The van der Waals surface area contributed by atoms with Crippen LogP contribution in [0.3, 0.4) is 0 Å². The third kappa shape index (κ3) is 4.71. The SMILES string of the molecule is CN1CCN(C(=O)CCOCC(F)(F)F)c2ccccc2C1. The lowest BCUT2D eigenvalue weighted by atomic mass is 10.1. The maximum Gasteiger partial charge on any atom is 0.411 e. The minimum Gasteiger partial charge on any atom is -0.372 e. The van der Waals surface area contributed by atoms with Crippen molar-refractivity contribution in [2.75, 3.05) is 38.3 Å². The van der Waals surface area contributed by atoms with E-state index in [1.165, 1.54) is 0 Å². The quantitative estimate of drug-likeness (QED) is 0.800. The van der Waals surface area contributed by atoms with E-state index in [9.17, 15) is 18.0 Å². The predicted molar refractivity (Wildman–Crippen MR) is 76.6 cm³/mol. The molecule has 0 saturated heterocycles. The Labute approximate surface area is 127 Å². The van der Waals surface area contributed by atoms with Crippen molar-refractivity contribution in [2.45, 2.75) is 19.1 Å². The highest BCUT2D eigenvalue weighted by atomic mass is 19.4. The smallest absolute Gasteiger partial charge is 0.372 e. The molecule has 1 aliphatic heterocycles. The first kappa shape index (κ1) is 16.8. The fraction of sp³-hybridized carbons (Fsp3) is 0.533. The molecule has 4 nitrogen and oxygen atoms in total. The van der Waals surface area contributed by atoms with Crippen LogP contribution >= 0.6 is 0 Å². The van der Waals surface area contributed by atoms with Crippen molar-refractivity contribution in [1.29, 1.82) is 0 Å². The van der Waals surface area contributed by atoms with Crippen LogP contribution in [-0.2, 0) is 16.1 Å². The first-order valence-corrected chi connectivity index (χ1v) is 7.08. The second-order valence-corrected chi connectivity index (χ2v) is 5.33. The van der Waals surface area contributed by atoms with Gasteiger partial charge in [0.25, 0.3) is 0 Å². The molecular formula is C15H19F3N2O2. The Hall–Kier alpha value is -1.60. The number of halogens is 3. The van der Waals surface area contributed by atoms with Crippen molar-refractivity contribution in [3.05, 3.63) is 29.8 Å². The standard InChI is InChI=1S/C15H19F3N2O2/c1-19-7-8-20(13-5-3-2-4-12(13)10-19)14(21)6-9-22-11-15(16,17)18/h2-5H,6-11H2,1H3. The van der Waals surface area contributed by atoms with Gasteiger partial charge in [-0.05, 0) is 18.7 Å². The van der Waals surface area contributed by atoms with Crippen LogP contribution < -0.4 is 4.90 Å². The first-order chi connectivity index (χ1) is 10.4. The fourth-order valence-corrected chi connectivity index (χ4v) is 2.41. The fourth-order valence-electron chi connectivity index (χ4n) is 2.41. The molecule has 22 heavy (non-hydrogen) atoms. The molecule has 0 saturated carbocycles. The van der Waals surface area contributed by atoms with E-state index in [0.29, 0.717) is 13.1 Å². The summed E-state index contributed by atoms with van der Waals surface area (Å²) < 4.78 is 40.5. The van der Waals surface area contributed by atoms with Gasteiger partial charge in [0.05, 0.1) is 13.0 Å². The minimum atomic E-state index is -4.36. The number of hydrogen-bond acceptors (Lipinski definition) is 3. The zero-order valence-corrected chi connectivity index (χ0v) is 12.4. The van der Waals surface area contributed by atoms with Crippen LogP contribution in [0.2, 0.25) is 0 Å². The molecule has 1 amide bonds. The Balaban J connectivity index is 1.97. The molecule has 0 aliphatic carbocycles. The summed E-state index contributed by atoms with van der Waals surface area (Å²) in [5, 5.41) is 0. The van der Waals surface area contributed by atoms with E-state index in [0.717, 1.165) is 17.8 Å². The highest BCUT2D eigenvalue weighted by Crippen LogP contribution is 2.25. The molecule has 0 spiro atoms. The maximum atomic E-state index is 12.3. The zero-order valence-electron chi connectivity index (χ0n) is 12.4. The second kappa shape index (κ2) is 7.11. The van der Waals surface area contributed by atoms with Crippen LogP contribution in [0, 0.1) is 0 Å². The van der Waals surface area contributed by atoms with Gasteiger partial charge >= 0.3 is 6.18 Å². The van der Waals surface area contributed by atoms with Crippen LogP contribution in [0.15, 0.2) is 24.3 Å². The average molecular weight is 316 g/mol. The van der Waals surface area contributed by atoms with Crippen molar-refractivity contribution >= 4 is 11.6 Å². The van der Waals surface area contributed by atoms with Gasteiger partial charge in [-0.1, -0.05) is 18.2 Å². The molecule has 7 heteroatoms. The van der Waals surface area contributed by atoms with Gasteiger partial charge in [-0.15, -0.1) is 0 Å². The lowest BCUT2D eigenvalue weighted by molar-refractivity contribution is -0.174. The molecule has 1 heterocycles.